The van der Waals surface area contributed by atoms with Gasteiger partial charge in [0.2, 0.25) is 10.0 Å². The SMILES string of the molecule is Cc1ccc(C2=C(c3ccc(S(N)(=O)=O)cc3)CCC2)cc1C(F)(F)F. The van der Waals surface area contributed by atoms with Crippen LogP contribution in [0, 0.1) is 6.92 Å². The van der Waals surface area contributed by atoms with Gasteiger partial charge in [0, 0.05) is 0 Å². The molecule has 0 radical (unpaired) electrons. The van der Waals surface area contributed by atoms with Crippen LogP contribution in [0.15, 0.2) is 47.4 Å². The third kappa shape index (κ3) is 3.68. The second-order valence-corrected chi connectivity index (χ2v) is 7.97. The Bertz CT molecular complexity index is 975. The smallest absolute Gasteiger partial charge is 0.225 e. The van der Waals surface area contributed by atoms with Crippen molar-refractivity contribution in [3.05, 3.63) is 64.7 Å². The van der Waals surface area contributed by atoms with E-state index in [4.69, 9.17) is 5.14 Å². The second-order valence-electron chi connectivity index (χ2n) is 6.41. The summed E-state index contributed by atoms with van der Waals surface area (Å²) in [6.07, 6.45) is -2.13. The van der Waals surface area contributed by atoms with Gasteiger partial charge < -0.3 is 0 Å². The number of aryl methyl sites for hydroxylation is 1. The Balaban J connectivity index is 2.07. The van der Waals surface area contributed by atoms with Crippen molar-refractivity contribution in [3.63, 3.8) is 0 Å². The number of alkyl halides is 3. The minimum absolute atomic E-state index is 0.0103. The van der Waals surface area contributed by atoms with Crippen LogP contribution < -0.4 is 5.14 Å². The molecule has 0 saturated heterocycles. The highest BCUT2D eigenvalue weighted by atomic mass is 32.2. The summed E-state index contributed by atoms with van der Waals surface area (Å²) in [6.45, 7) is 1.45. The summed E-state index contributed by atoms with van der Waals surface area (Å²) >= 11 is 0. The minimum atomic E-state index is -4.39. The van der Waals surface area contributed by atoms with Crippen molar-refractivity contribution in [1.82, 2.24) is 0 Å². The molecule has 0 atom stereocenters. The molecule has 0 fully saturated rings. The number of nitrogens with two attached hydrogens (primary N) is 1. The summed E-state index contributed by atoms with van der Waals surface area (Å²) in [5.74, 6) is 0. The van der Waals surface area contributed by atoms with Crippen LogP contribution in [0.1, 0.15) is 41.5 Å². The molecule has 0 aliphatic heterocycles. The van der Waals surface area contributed by atoms with Gasteiger partial charge in [-0.1, -0.05) is 24.3 Å². The first-order valence-electron chi connectivity index (χ1n) is 8.11. The molecule has 2 N–H and O–H groups in total. The number of hydrogen-bond acceptors (Lipinski definition) is 2. The average molecular weight is 381 g/mol. The molecule has 0 bridgehead atoms. The largest absolute Gasteiger partial charge is 0.416 e. The van der Waals surface area contributed by atoms with Crippen LogP contribution in [-0.4, -0.2) is 8.42 Å². The predicted octanol–water partition coefficient (Wildman–Crippen LogP) is 4.76. The molecule has 7 heteroatoms. The van der Waals surface area contributed by atoms with Crippen molar-refractivity contribution in [3.8, 4) is 0 Å². The van der Waals surface area contributed by atoms with E-state index in [9.17, 15) is 21.6 Å². The van der Waals surface area contributed by atoms with Crippen LogP contribution in [0.3, 0.4) is 0 Å². The van der Waals surface area contributed by atoms with Gasteiger partial charge >= 0.3 is 6.18 Å². The minimum Gasteiger partial charge on any atom is -0.225 e. The van der Waals surface area contributed by atoms with Crippen LogP contribution in [0.5, 0.6) is 0 Å². The van der Waals surface area contributed by atoms with Crippen LogP contribution in [0.25, 0.3) is 11.1 Å². The molecule has 26 heavy (non-hydrogen) atoms. The second kappa shape index (κ2) is 6.55. The van der Waals surface area contributed by atoms with Gasteiger partial charge in [-0.05, 0) is 72.2 Å². The van der Waals surface area contributed by atoms with Crippen molar-refractivity contribution in [2.24, 2.45) is 5.14 Å². The highest BCUT2D eigenvalue weighted by molar-refractivity contribution is 7.89. The number of rotatable bonds is 3. The molecule has 138 valence electrons. The number of halogens is 3. The standard InChI is InChI=1S/C19H18F3NO2S/c1-12-5-6-14(11-18(12)19(20,21)22)17-4-2-3-16(17)13-7-9-15(10-8-13)26(23,24)25/h5-11H,2-4H2,1H3,(H2,23,24,25). The zero-order chi connectivity index (χ0) is 19.1. The topological polar surface area (TPSA) is 60.2 Å². The van der Waals surface area contributed by atoms with Gasteiger partial charge in [-0.3, -0.25) is 0 Å². The number of hydrogen-bond donors (Lipinski definition) is 1. The Labute approximate surface area is 150 Å². The van der Waals surface area contributed by atoms with Crippen molar-refractivity contribution < 1.29 is 21.6 Å². The Hall–Kier alpha value is -2.12. The summed E-state index contributed by atoms with van der Waals surface area (Å²) in [7, 11) is -3.78. The van der Waals surface area contributed by atoms with E-state index in [1.54, 1.807) is 18.2 Å². The van der Waals surface area contributed by atoms with Gasteiger partial charge in [0.15, 0.2) is 0 Å². The Morgan fingerprint density at radius 1 is 0.923 bits per heavy atom. The summed E-state index contributed by atoms with van der Waals surface area (Å²) < 4.78 is 62.4. The number of allylic oxidation sites excluding steroid dienone is 2. The molecular weight excluding hydrogens is 363 g/mol. The van der Waals surface area contributed by atoms with E-state index < -0.39 is 21.8 Å². The first-order chi connectivity index (χ1) is 12.1. The molecule has 0 amide bonds. The maximum absolute atomic E-state index is 13.2. The molecule has 0 aromatic heterocycles. The first kappa shape index (κ1) is 18.7. The third-order valence-electron chi connectivity index (χ3n) is 4.64. The van der Waals surface area contributed by atoms with E-state index in [2.05, 4.69) is 0 Å². The van der Waals surface area contributed by atoms with E-state index in [0.717, 1.165) is 29.6 Å². The lowest BCUT2D eigenvalue weighted by Gasteiger charge is -2.14. The number of sulfonamides is 1. The fourth-order valence-electron chi connectivity index (χ4n) is 3.34. The molecule has 2 aromatic rings. The maximum atomic E-state index is 13.2. The van der Waals surface area contributed by atoms with Crippen LogP contribution in [-0.2, 0) is 16.2 Å². The molecule has 0 spiro atoms. The van der Waals surface area contributed by atoms with Crippen molar-refractivity contribution in [2.75, 3.05) is 0 Å². The molecule has 0 unspecified atom stereocenters. The molecule has 3 rings (SSSR count). The van der Waals surface area contributed by atoms with E-state index in [-0.39, 0.29) is 10.5 Å². The molecule has 0 heterocycles. The number of benzene rings is 2. The molecular formula is C19H18F3NO2S. The Morgan fingerprint density at radius 2 is 1.46 bits per heavy atom. The molecule has 3 nitrogen and oxygen atoms in total. The average Bonchev–Trinajstić information content (AvgIpc) is 3.03. The summed E-state index contributed by atoms with van der Waals surface area (Å²) in [5.41, 5.74) is 2.75. The predicted molar refractivity (Wildman–Crippen MR) is 94.7 cm³/mol. The van der Waals surface area contributed by atoms with Crippen molar-refractivity contribution >= 4 is 21.2 Å². The van der Waals surface area contributed by atoms with Crippen LogP contribution >= 0.6 is 0 Å². The normalized spacial score (nSPS) is 15.6. The van der Waals surface area contributed by atoms with E-state index >= 15 is 0 Å². The van der Waals surface area contributed by atoms with Gasteiger partial charge in [-0.25, -0.2) is 13.6 Å². The lowest BCUT2D eigenvalue weighted by molar-refractivity contribution is -0.138. The Kier molecular flexibility index (Phi) is 4.71. The van der Waals surface area contributed by atoms with E-state index in [1.807, 2.05) is 0 Å². The van der Waals surface area contributed by atoms with E-state index in [1.165, 1.54) is 31.2 Å². The molecule has 1 aliphatic rings. The van der Waals surface area contributed by atoms with Crippen molar-refractivity contribution in [2.45, 2.75) is 37.3 Å². The zero-order valence-electron chi connectivity index (χ0n) is 14.1. The fraction of sp³-hybridized carbons (Fsp3) is 0.263. The monoisotopic (exact) mass is 381 g/mol. The molecule has 1 aliphatic carbocycles. The van der Waals surface area contributed by atoms with Gasteiger partial charge in [-0.2, -0.15) is 13.2 Å². The fourth-order valence-corrected chi connectivity index (χ4v) is 3.86. The zero-order valence-corrected chi connectivity index (χ0v) is 14.9. The maximum Gasteiger partial charge on any atom is 0.416 e. The van der Waals surface area contributed by atoms with E-state index in [0.29, 0.717) is 12.0 Å². The highest BCUT2D eigenvalue weighted by Crippen LogP contribution is 2.42. The van der Waals surface area contributed by atoms with Gasteiger partial charge in [0.05, 0.1) is 10.5 Å². The first-order valence-corrected chi connectivity index (χ1v) is 9.65. The van der Waals surface area contributed by atoms with Crippen molar-refractivity contribution in [1.29, 1.82) is 0 Å². The van der Waals surface area contributed by atoms with Gasteiger partial charge in [0.25, 0.3) is 0 Å². The molecule has 0 saturated carbocycles. The third-order valence-corrected chi connectivity index (χ3v) is 5.57. The summed E-state index contributed by atoms with van der Waals surface area (Å²) in [4.78, 5) is 0.0103. The summed E-state index contributed by atoms with van der Waals surface area (Å²) in [6, 6.07) is 10.6. The summed E-state index contributed by atoms with van der Waals surface area (Å²) in [5, 5.41) is 5.10. The lowest BCUT2D eigenvalue weighted by Crippen LogP contribution is -2.11. The highest BCUT2D eigenvalue weighted by Gasteiger charge is 2.33. The molecule has 2 aromatic carbocycles. The van der Waals surface area contributed by atoms with Crippen LogP contribution in [0.4, 0.5) is 13.2 Å². The van der Waals surface area contributed by atoms with Gasteiger partial charge in [0.1, 0.15) is 0 Å². The Morgan fingerprint density at radius 3 is 2.00 bits per heavy atom. The van der Waals surface area contributed by atoms with Gasteiger partial charge in [-0.15, -0.1) is 0 Å². The lowest BCUT2D eigenvalue weighted by atomic mass is 9.94. The quantitative estimate of drug-likeness (QED) is 0.834. The van der Waals surface area contributed by atoms with Crippen LogP contribution in [0.2, 0.25) is 0 Å². The number of primary sulfonamides is 1.